The average Bonchev–Trinajstić information content (AvgIpc) is 2.75. The summed E-state index contributed by atoms with van der Waals surface area (Å²) in [5.41, 5.74) is 3.52. The molecule has 1 atom stereocenters. The van der Waals surface area contributed by atoms with Crippen LogP contribution in [0.2, 0.25) is 0 Å². The Kier molecular flexibility index (Phi) is 7.44. The van der Waals surface area contributed by atoms with Crippen LogP contribution in [-0.4, -0.2) is 43.0 Å². The molecule has 0 saturated carbocycles. The summed E-state index contributed by atoms with van der Waals surface area (Å²) in [7, 11) is 0. The number of benzene rings is 1. The smallest absolute Gasteiger partial charge is 0.338 e. The van der Waals surface area contributed by atoms with Crippen molar-refractivity contribution in [1.29, 1.82) is 0 Å². The number of carbonyl (C=O) groups excluding carboxylic acids is 4. The van der Waals surface area contributed by atoms with Gasteiger partial charge in [-0.15, -0.1) is 0 Å². The van der Waals surface area contributed by atoms with E-state index in [-0.39, 0.29) is 43.1 Å². The molecule has 8 heteroatoms. The van der Waals surface area contributed by atoms with Gasteiger partial charge in [0, 0.05) is 12.0 Å². The lowest BCUT2D eigenvalue weighted by molar-refractivity contribution is -0.143. The zero-order valence-electron chi connectivity index (χ0n) is 17.9. The molecule has 1 heterocycles. The van der Waals surface area contributed by atoms with Gasteiger partial charge in [0.15, 0.2) is 5.78 Å². The number of ketones is 1. The molecule has 0 aromatic heterocycles. The van der Waals surface area contributed by atoms with Crippen LogP contribution in [0.3, 0.4) is 0 Å². The van der Waals surface area contributed by atoms with Crippen molar-refractivity contribution in [3.63, 3.8) is 0 Å². The molecule has 0 spiro atoms. The second-order valence-corrected chi connectivity index (χ2v) is 7.71. The monoisotopic (exact) mass is 428 g/mol. The molecule has 1 aliphatic heterocycles. The average molecular weight is 428 g/mol. The number of carbonyl (C=O) groups is 4. The summed E-state index contributed by atoms with van der Waals surface area (Å²) in [5, 5.41) is 5.07. The van der Waals surface area contributed by atoms with Crippen molar-refractivity contribution in [2.24, 2.45) is 0 Å². The maximum absolute atomic E-state index is 12.5. The molecular weight excluding hydrogens is 400 g/mol. The number of rotatable bonds is 8. The van der Waals surface area contributed by atoms with Gasteiger partial charge < -0.3 is 20.1 Å². The third-order valence-corrected chi connectivity index (χ3v) is 5.47. The molecule has 166 valence electrons. The molecule has 3 rings (SSSR count). The summed E-state index contributed by atoms with van der Waals surface area (Å²) in [6, 6.07) is 4.69. The van der Waals surface area contributed by atoms with Gasteiger partial charge in [0.1, 0.15) is 6.61 Å². The van der Waals surface area contributed by atoms with Crippen LogP contribution in [0.5, 0.6) is 0 Å². The van der Waals surface area contributed by atoms with Crippen molar-refractivity contribution in [2.75, 3.05) is 13.2 Å². The van der Waals surface area contributed by atoms with E-state index in [1.165, 1.54) is 17.5 Å². The normalized spacial score (nSPS) is 17.9. The minimum Gasteiger partial charge on any atom is -0.463 e. The predicted octanol–water partition coefficient (Wildman–Crippen LogP) is 2.59. The molecule has 8 nitrogen and oxygen atoms in total. The lowest BCUT2D eigenvalue weighted by Gasteiger charge is -2.26. The van der Waals surface area contributed by atoms with Gasteiger partial charge in [-0.25, -0.2) is 9.59 Å². The summed E-state index contributed by atoms with van der Waals surface area (Å²) in [4.78, 5) is 48.6. The number of urea groups is 1. The highest BCUT2D eigenvalue weighted by Gasteiger charge is 2.30. The summed E-state index contributed by atoms with van der Waals surface area (Å²) in [6.45, 7) is 3.22. The molecular formula is C23H28N2O6. The molecule has 2 amide bonds. The molecule has 1 aromatic carbocycles. The maximum Gasteiger partial charge on any atom is 0.338 e. The van der Waals surface area contributed by atoms with Crippen LogP contribution < -0.4 is 10.6 Å². The fourth-order valence-corrected chi connectivity index (χ4v) is 3.88. The van der Waals surface area contributed by atoms with Gasteiger partial charge in [-0.05, 0) is 56.7 Å². The van der Waals surface area contributed by atoms with E-state index in [1.54, 1.807) is 13.8 Å². The Morgan fingerprint density at radius 2 is 1.81 bits per heavy atom. The lowest BCUT2D eigenvalue weighted by Crippen LogP contribution is -2.50. The van der Waals surface area contributed by atoms with Crippen LogP contribution in [0, 0.1) is 0 Å². The molecule has 1 aromatic rings. The Hall–Kier alpha value is -3.16. The van der Waals surface area contributed by atoms with Crippen LogP contribution in [0.4, 0.5) is 4.79 Å². The summed E-state index contributed by atoms with van der Waals surface area (Å²) < 4.78 is 10.2. The van der Waals surface area contributed by atoms with E-state index in [2.05, 4.69) is 10.6 Å². The van der Waals surface area contributed by atoms with Crippen LogP contribution in [-0.2, 0) is 31.9 Å². The number of esters is 2. The SMILES string of the molecule is CCOC(=O)C1=C(COC(=O)CCC(=O)c2ccc3c(c2)CCCC3)NC(=O)N[C@H]1C. The first-order valence-electron chi connectivity index (χ1n) is 10.7. The first-order valence-corrected chi connectivity index (χ1v) is 10.7. The van der Waals surface area contributed by atoms with Crippen molar-refractivity contribution >= 4 is 23.8 Å². The van der Waals surface area contributed by atoms with Gasteiger partial charge in [0.05, 0.1) is 30.3 Å². The minimum atomic E-state index is -0.587. The largest absolute Gasteiger partial charge is 0.463 e. The van der Waals surface area contributed by atoms with Crippen LogP contribution in [0.25, 0.3) is 0 Å². The fraction of sp³-hybridized carbons (Fsp3) is 0.478. The Morgan fingerprint density at radius 3 is 2.55 bits per heavy atom. The number of aryl methyl sites for hydroxylation is 2. The quantitative estimate of drug-likeness (QED) is 0.486. The predicted molar refractivity (Wildman–Crippen MR) is 112 cm³/mol. The number of ether oxygens (including phenoxy) is 2. The molecule has 0 fully saturated rings. The number of hydrogen-bond donors (Lipinski definition) is 2. The second kappa shape index (κ2) is 10.2. The number of amides is 2. The van der Waals surface area contributed by atoms with E-state index in [0.717, 1.165) is 19.3 Å². The van der Waals surface area contributed by atoms with Gasteiger partial charge in [-0.2, -0.15) is 0 Å². The second-order valence-electron chi connectivity index (χ2n) is 7.71. The summed E-state index contributed by atoms with van der Waals surface area (Å²) >= 11 is 0. The molecule has 0 radical (unpaired) electrons. The minimum absolute atomic E-state index is 0.0335. The standard InChI is InChI=1S/C23H28N2O6/c1-3-30-22(28)21-14(2)24-23(29)25-18(21)13-31-20(27)11-10-19(26)17-9-8-15-6-4-5-7-16(15)12-17/h8-9,12,14H,3-7,10-11,13H2,1-2H3,(H2,24,25,29)/t14-/m0/s1. The Balaban J connectivity index is 1.56. The van der Waals surface area contributed by atoms with Gasteiger partial charge in [0.2, 0.25) is 0 Å². The fourth-order valence-electron chi connectivity index (χ4n) is 3.88. The van der Waals surface area contributed by atoms with Gasteiger partial charge in [-0.1, -0.05) is 12.1 Å². The zero-order chi connectivity index (χ0) is 22.4. The molecule has 31 heavy (non-hydrogen) atoms. The highest BCUT2D eigenvalue weighted by Crippen LogP contribution is 2.23. The first-order chi connectivity index (χ1) is 14.9. The maximum atomic E-state index is 12.5. The Bertz CT molecular complexity index is 921. The summed E-state index contributed by atoms with van der Waals surface area (Å²) in [5.74, 6) is -1.28. The van der Waals surface area contributed by atoms with Crippen molar-refractivity contribution in [1.82, 2.24) is 10.6 Å². The number of fused-ring (bicyclic) bond motifs is 1. The molecule has 2 aliphatic rings. The van der Waals surface area contributed by atoms with Crippen molar-refractivity contribution in [3.05, 3.63) is 46.2 Å². The Labute approximate surface area is 181 Å². The van der Waals surface area contributed by atoms with E-state index >= 15 is 0 Å². The molecule has 1 aliphatic carbocycles. The van der Waals surface area contributed by atoms with Gasteiger partial charge >= 0.3 is 18.0 Å². The van der Waals surface area contributed by atoms with Gasteiger partial charge in [0.25, 0.3) is 0 Å². The number of nitrogens with one attached hydrogen (secondary N) is 2. The zero-order valence-corrected chi connectivity index (χ0v) is 17.9. The molecule has 2 N–H and O–H groups in total. The van der Waals surface area contributed by atoms with E-state index in [1.807, 2.05) is 18.2 Å². The highest BCUT2D eigenvalue weighted by molar-refractivity contribution is 5.98. The summed E-state index contributed by atoms with van der Waals surface area (Å²) in [6.07, 6.45) is 4.28. The van der Waals surface area contributed by atoms with Crippen molar-refractivity contribution in [2.45, 2.75) is 58.4 Å². The number of Topliss-reactive ketones (excluding diaryl/α,β-unsaturated/α-hetero) is 1. The highest BCUT2D eigenvalue weighted by atomic mass is 16.5. The van der Waals surface area contributed by atoms with Crippen molar-refractivity contribution < 1.29 is 28.7 Å². The van der Waals surface area contributed by atoms with E-state index in [4.69, 9.17) is 9.47 Å². The van der Waals surface area contributed by atoms with E-state index in [0.29, 0.717) is 5.56 Å². The van der Waals surface area contributed by atoms with E-state index < -0.39 is 24.0 Å². The van der Waals surface area contributed by atoms with Gasteiger partial charge in [-0.3, -0.25) is 9.59 Å². The number of hydrogen-bond acceptors (Lipinski definition) is 6. The Morgan fingerprint density at radius 1 is 1.06 bits per heavy atom. The third kappa shape index (κ3) is 5.71. The first kappa shape index (κ1) is 22.5. The van der Waals surface area contributed by atoms with Crippen LogP contribution >= 0.6 is 0 Å². The van der Waals surface area contributed by atoms with Crippen molar-refractivity contribution in [3.8, 4) is 0 Å². The molecule has 0 bridgehead atoms. The van der Waals surface area contributed by atoms with Crippen LogP contribution in [0.1, 0.15) is 61.0 Å². The lowest BCUT2D eigenvalue weighted by atomic mass is 9.89. The molecule has 0 unspecified atom stereocenters. The third-order valence-electron chi connectivity index (χ3n) is 5.47. The topological polar surface area (TPSA) is 111 Å². The van der Waals surface area contributed by atoms with E-state index in [9.17, 15) is 19.2 Å². The van der Waals surface area contributed by atoms with Crippen LogP contribution in [0.15, 0.2) is 29.5 Å². The molecule has 0 saturated heterocycles.